The first-order valence-corrected chi connectivity index (χ1v) is 26.9. The van der Waals surface area contributed by atoms with Gasteiger partial charge in [0.25, 0.3) is 0 Å². The molecule has 356 valence electrons. The molecule has 0 aromatic carbocycles. The third kappa shape index (κ3) is 31.7. The van der Waals surface area contributed by atoms with Crippen molar-refractivity contribution in [1.29, 1.82) is 0 Å². The summed E-state index contributed by atoms with van der Waals surface area (Å²) in [7, 11) is 0. The van der Waals surface area contributed by atoms with Gasteiger partial charge in [0.1, 0.15) is 0 Å². The van der Waals surface area contributed by atoms with Crippen LogP contribution in [0.3, 0.4) is 0 Å². The fourth-order valence-electron chi connectivity index (χ4n) is 8.99. The largest absolute Gasteiger partial charge is 0.382 e. The molecule has 6 nitrogen and oxygen atoms in total. The van der Waals surface area contributed by atoms with E-state index in [2.05, 4.69) is 20.8 Å². The van der Waals surface area contributed by atoms with Gasteiger partial charge in [-0.05, 0) is 19.3 Å². The van der Waals surface area contributed by atoms with Crippen molar-refractivity contribution in [2.24, 2.45) is 5.92 Å². The molecule has 3 atom stereocenters. The van der Waals surface area contributed by atoms with Crippen molar-refractivity contribution in [3.8, 4) is 0 Å². The molecular formula is C54H104O6. The van der Waals surface area contributed by atoms with Crippen LogP contribution in [0.25, 0.3) is 0 Å². The fraction of sp³-hybridized carbons (Fsp3) is 0.944. The van der Waals surface area contributed by atoms with E-state index in [-0.39, 0.29) is 12.8 Å². The standard InChI is InChI=1S/C54H104O6/c1-5-8-11-14-17-20-23-26-29-30-33-36-39-42-45-48(4)51(57)54(60,52(58)49(55)46-43-40-37-34-31-27-24-21-18-15-12-9-6-2)53(59)50(56)47-44-41-38-35-32-28-25-22-19-16-13-10-7-3/h48,52-53,58-60H,5-47H2,1-4H3. The molecule has 0 aliphatic rings. The van der Waals surface area contributed by atoms with Crippen LogP contribution in [0.5, 0.6) is 0 Å². The second kappa shape index (κ2) is 43.2. The predicted molar refractivity (Wildman–Crippen MR) is 257 cm³/mol. The summed E-state index contributed by atoms with van der Waals surface area (Å²) in [4.78, 5) is 40.6. The molecule has 0 fully saturated rings. The average molecular weight is 849 g/mol. The van der Waals surface area contributed by atoms with Crippen LogP contribution in [0, 0.1) is 5.92 Å². The molecule has 0 saturated carbocycles. The molecule has 6 heteroatoms. The lowest BCUT2D eigenvalue weighted by Crippen LogP contribution is -2.64. The minimum absolute atomic E-state index is 0.0155. The second-order valence-corrected chi connectivity index (χ2v) is 19.2. The Labute approximate surface area is 373 Å². The molecule has 0 spiro atoms. The van der Waals surface area contributed by atoms with Crippen LogP contribution >= 0.6 is 0 Å². The Kier molecular flexibility index (Phi) is 42.4. The Morgan fingerprint density at radius 2 is 0.550 bits per heavy atom. The van der Waals surface area contributed by atoms with Crippen molar-refractivity contribution >= 4 is 17.3 Å². The van der Waals surface area contributed by atoms with Crippen molar-refractivity contribution in [3.05, 3.63) is 0 Å². The number of Topliss-reactive ketones (excluding diaryl/α,β-unsaturated/α-hetero) is 3. The Bertz CT molecular complexity index is 916. The molecule has 3 unspecified atom stereocenters. The zero-order chi connectivity index (χ0) is 44.4. The summed E-state index contributed by atoms with van der Waals surface area (Å²) in [6, 6.07) is 0. The van der Waals surface area contributed by atoms with Gasteiger partial charge in [-0.1, -0.05) is 272 Å². The van der Waals surface area contributed by atoms with E-state index >= 15 is 0 Å². The molecule has 0 amide bonds. The van der Waals surface area contributed by atoms with Gasteiger partial charge in [0.2, 0.25) is 0 Å². The van der Waals surface area contributed by atoms with Crippen LogP contribution in [0.15, 0.2) is 0 Å². The van der Waals surface area contributed by atoms with Crippen molar-refractivity contribution < 1.29 is 29.7 Å². The number of carbonyl (C=O) groups is 3. The van der Waals surface area contributed by atoms with Gasteiger partial charge in [0.15, 0.2) is 35.2 Å². The molecule has 0 bridgehead atoms. The Hall–Kier alpha value is -1.11. The van der Waals surface area contributed by atoms with Crippen LogP contribution in [0.4, 0.5) is 0 Å². The maximum atomic E-state index is 13.9. The lowest BCUT2D eigenvalue weighted by molar-refractivity contribution is -0.184. The first kappa shape index (κ1) is 58.9. The number of ketones is 3. The van der Waals surface area contributed by atoms with Crippen molar-refractivity contribution in [2.45, 2.75) is 322 Å². The van der Waals surface area contributed by atoms with E-state index in [9.17, 15) is 29.7 Å². The highest BCUT2D eigenvalue weighted by Crippen LogP contribution is 2.29. The van der Waals surface area contributed by atoms with E-state index in [0.29, 0.717) is 19.3 Å². The number of hydrogen-bond acceptors (Lipinski definition) is 6. The highest BCUT2D eigenvalue weighted by molar-refractivity contribution is 6.02. The van der Waals surface area contributed by atoms with E-state index in [0.717, 1.165) is 57.8 Å². The molecule has 0 radical (unpaired) electrons. The maximum absolute atomic E-state index is 13.9. The summed E-state index contributed by atoms with van der Waals surface area (Å²) in [5.74, 6) is -2.80. The summed E-state index contributed by atoms with van der Waals surface area (Å²) < 4.78 is 0. The van der Waals surface area contributed by atoms with Crippen LogP contribution in [0.1, 0.15) is 304 Å². The average Bonchev–Trinajstić information content (AvgIpc) is 3.25. The summed E-state index contributed by atoms with van der Waals surface area (Å²) in [5.41, 5.74) is -2.82. The lowest BCUT2D eigenvalue weighted by atomic mass is 9.75. The van der Waals surface area contributed by atoms with Gasteiger partial charge in [-0.15, -0.1) is 0 Å². The van der Waals surface area contributed by atoms with E-state index in [4.69, 9.17) is 0 Å². The molecule has 0 aromatic heterocycles. The van der Waals surface area contributed by atoms with E-state index in [1.165, 1.54) is 186 Å². The Balaban J connectivity index is 4.89. The third-order valence-corrected chi connectivity index (χ3v) is 13.3. The molecular weight excluding hydrogens is 745 g/mol. The molecule has 0 heterocycles. The van der Waals surface area contributed by atoms with E-state index in [1.54, 1.807) is 6.92 Å². The summed E-state index contributed by atoms with van der Waals surface area (Å²) in [5, 5.41) is 34.5. The maximum Gasteiger partial charge on any atom is 0.189 e. The normalized spacial score (nSPS) is 14.2. The topological polar surface area (TPSA) is 112 Å². The molecule has 0 aliphatic heterocycles. The number of rotatable bonds is 49. The predicted octanol–water partition coefficient (Wildman–Crippen LogP) is 15.6. The second-order valence-electron chi connectivity index (χ2n) is 19.2. The zero-order valence-corrected chi connectivity index (χ0v) is 40.7. The van der Waals surface area contributed by atoms with Crippen molar-refractivity contribution in [3.63, 3.8) is 0 Å². The minimum Gasteiger partial charge on any atom is -0.382 e. The SMILES string of the molecule is CCCCCCCCCCCCCCCCC(C)C(=O)C(O)(C(O)C(=O)CCCCCCCCCCCCCCC)C(O)C(=O)CCCCCCCCCCCCCCC. The monoisotopic (exact) mass is 849 g/mol. The van der Waals surface area contributed by atoms with Crippen LogP contribution in [0.2, 0.25) is 0 Å². The first-order chi connectivity index (χ1) is 29.2. The minimum atomic E-state index is -2.82. The first-order valence-electron chi connectivity index (χ1n) is 26.9. The van der Waals surface area contributed by atoms with Gasteiger partial charge in [-0.3, -0.25) is 14.4 Å². The summed E-state index contributed by atoms with van der Waals surface area (Å²) in [6.07, 6.45) is 43.8. The fourth-order valence-corrected chi connectivity index (χ4v) is 8.99. The summed E-state index contributed by atoms with van der Waals surface area (Å²) >= 11 is 0. The molecule has 0 aromatic rings. The van der Waals surface area contributed by atoms with Crippen LogP contribution < -0.4 is 0 Å². The van der Waals surface area contributed by atoms with Gasteiger partial charge >= 0.3 is 0 Å². The van der Waals surface area contributed by atoms with Crippen molar-refractivity contribution in [2.75, 3.05) is 0 Å². The third-order valence-electron chi connectivity index (χ3n) is 13.3. The van der Waals surface area contributed by atoms with Crippen LogP contribution in [-0.2, 0) is 14.4 Å². The molecule has 0 aliphatic carbocycles. The highest BCUT2D eigenvalue weighted by Gasteiger charge is 2.55. The Morgan fingerprint density at radius 3 is 0.783 bits per heavy atom. The Morgan fingerprint density at radius 1 is 0.350 bits per heavy atom. The van der Waals surface area contributed by atoms with Crippen molar-refractivity contribution in [1.82, 2.24) is 0 Å². The number of unbranched alkanes of at least 4 members (excludes halogenated alkanes) is 37. The number of carbonyl (C=O) groups excluding carboxylic acids is 3. The van der Waals surface area contributed by atoms with Gasteiger partial charge < -0.3 is 15.3 Å². The smallest absolute Gasteiger partial charge is 0.189 e. The van der Waals surface area contributed by atoms with Gasteiger partial charge in [-0.2, -0.15) is 0 Å². The van der Waals surface area contributed by atoms with Gasteiger partial charge in [-0.25, -0.2) is 0 Å². The number of aliphatic hydroxyl groups excluding tert-OH is 2. The number of aliphatic hydroxyl groups is 3. The van der Waals surface area contributed by atoms with Crippen LogP contribution in [-0.4, -0.2) is 50.5 Å². The van der Waals surface area contributed by atoms with E-state index in [1.807, 2.05) is 0 Å². The molecule has 3 N–H and O–H groups in total. The summed E-state index contributed by atoms with van der Waals surface area (Å²) in [6.45, 7) is 8.45. The quantitative estimate of drug-likeness (QED) is 0.0526. The van der Waals surface area contributed by atoms with Gasteiger partial charge in [0.05, 0.1) is 0 Å². The van der Waals surface area contributed by atoms with Gasteiger partial charge in [0, 0.05) is 18.8 Å². The molecule has 0 saturated heterocycles. The molecule has 0 rings (SSSR count). The lowest BCUT2D eigenvalue weighted by Gasteiger charge is -2.36. The van der Waals surface area contributed by atoms with E-state index < -0.39 is 41.1 Å². The highest BCUT2D eigenvalue weighted by atomic mass is 16.4. The number of hydrogen-bond donors (Lipinski definition) is 3. The molecule has 60 heavy (non-hydrogen) atoms. The zero-order valence-electron chi connectivity index (χ0n) is 40.7.